The Kier molecular flexibility index (Phi) is 4.39. The van der Waals surface area contributed by atoms with Gasteiger partial charge in [-0.1, -0.05) is 6.92 Å². The van der Waals surface area contributed by atoms with Crippen LogP contribution in [0.5, 0.6) is 11.5 Å². The molecule has 0 heterocycles. The summed E-state index contributed by atoms with van der Waals surface area (Å²) >= 11 is 0. The largest absolute Gasteiger partial charge is 0.497 e. The van der Waals surface area contributed by atoms with Crippen LogP contribution in [0.4, 0.5) is 0 Å². The topological polar surface area (TPSA) is 30.5 Å². The number of hydrogen-bond donors (Lipinski definition) is 1. The molecule has 0 aromatic heterocycles. The van der Waals surface area contributed by atoms with Gasteiger partial charge in [0.1, 0.15) is 11.5 Å². The monoisotopic (exact) mass is 289 g/mol. The highest BCUT2D eigenvalue weighted by Crippen LogP contribution is 2.60. The third-order valence-corrected chi connectivity index (χ3v) is 5.17. The molecule has 21 heavy (non-hydrogen) atoms. The van der Waals surface area contributed by atoms with E-state index >= 15 is 0 Å². The van der Waals surface area contributed by atoms with E-state index in [9.17, 15) is 0 Å². The highest BCUT2D eigenvalue weighted by atomic mass is 16.5. The summed E-state index contributed by atoms with van der Waals surface area (Å²) in [5, 5.41) is 3.56. The molecule has 1 aromatic carbocycles. The molecule has 2 aliphatic rings. The van der Waals surface area contributed by atoms with Gasteiger partial charge in [-0.15, -0.1) is 0 Å². The number of nitrogens with one attached hydrogen (secondary N) is 1. The zero-order valence-corrected chi connectivity index (χ0v) is 13.2. The van der Waals surface area contributed by atoms with Crippen molar-refractivity contribution in [2.45, 2.75) is 32.6 Å². The Labute approximate surface area is 128 Å². The van der Waals surface area contributed by atoms with Crippen molar-refractivity contribution in [3.8, 4) is 11.5 Å². The highest BCUT2D eigenvalue weighted by molar-refractivity contribution is 5.31. The van der Waals surface area contributed by atoms with E-state index in [0.29, 0.717) is 5.41 Å². The van der Waals surface area contributed by atoms with Gasteiger partial charge in [0.2, 0.25) is 0 Å². The maximum Gasteiger partial charge on any atom is 0.119 e. The molecule has 0 aliphatic heterocycles. The predicted molar refractivity (Wildman–Crippen MR) is 84.9 cm³/mol. The predicted octanol–water partition coefficient (Wildman–Crippen LogP) is 3.49. The van der Waals surface area contributed by atoms with Gasteiger partial charge in [-0.05, 0) is 73.7 Å². The first kappa shape index (κ1) is 14.7. The second-order valence-corrected chi connectivity index (χ2v) is 6.72. The Bertz CT molecular complexity index is 447. The van der Waals surface area contributed by atoms with Gasteiger partial charge < -0.3 is 14.8 Å². The average Bonchev–Trinajstić information content (AvgIpc) is 3.14. The lowest BCUT2D eigenvalue weighted by atomic mass is 9.80. The van der Waals surface area contributed by atoms with Gasteiger partial charge in [0.25, 0.3) is 0 Å². The molecule has 116 valence electrons. The van der Waals surface area contributed by atoms with Crippen molar-refractivity contribution < 1.29 is 9.47 Å². The van der Waals surface area contributed by atoms with E-state index in [1.54, 1.807) is 7.11 Å². The number of benzene rings is 1. The zero-order chi connectivity index (χ0) is 14.7. The molecule has 0 bridgehead atoms. The fourth-order valence-corrected chi connectivity index (χ4v) is 3.89. The molecular formula is C18H27NO2. The summed E-state index contributed by atoms with van der Waals surface area (Å²) in [6.45, 7) is 5.23. The van der Waals surface area contributed by atoms with Crippen LogP contribution in [0.25, 0.3) is 0 Å². The van der Waals surface area contributed by atoms with Crippen molar-refractivity contribution in [1.29, 1.82) is 0 Å². The number of ether oxygens (including phenoxy) is 2. The maximum atomic E-state index is 5.94. The molecule has 0 spiro atoms. The summed E-state index contributed by atoms with van der Waals surface area (Å²) < 4.78 is 11.1. The fourth-order valence-electron chi connectivity index (χ4n) is 3.89. The van der Waals surface area contributed by atoms with Gasteiger partial charge in [-0.3, -0.25) is 0 Å². The van der Waals surface area contributed by atoms with Gasteiger partial charge in [-0.25, -0.2) is 0 Å². The molecule has 2 atom stereocenters. The highest BCUT2D eigenvalue weighted by Gasteiger charge is 2.53. The van der Waals surface area contributed by atoms with Gasteiger partial charge in [0, 0.05) is 6.54 Å². The molecule has 2 saturated carbocycles. The van der Waals surface area contributed by atoms with Gasteiger partial charge in [0.15, 0.2) is 0 Å². The van der Waals surface area contributed by atoms with Gasteiger partial charge >= 0.3 is 0 Å². The summed E-state index contributed by atoms with van der Waals surface area (Å²) in [5.74, 6) is 3.86. The van der Waals surface area contributed by atoms with E-state index in [1.165, 1.54) is 25.7 Å². The van der Waals surface area contributed by atoms with Crippen LogP contribution in [0.15, 0.2) is 24.3 Å². The van der Waals surface area contributed by atoms with Crippen LogP contribution in [0.2, 0.25) is 0 Å². The first-order valence-electron chi connectivity index (χ1n) is 8.22. The molecule has 1 aromatic rings. The summed E-state index contributed by atoms with van der Waals surface area (Å²) in [6, 6.07) is 7.88. The first-order valence-corrected chi connectivity index (χ1v) is 8.22. The average molecular weight is 289 g/mol. The summed E-state index contributed by atoms with van der Waals surface area (Å²) in [4.78, 5) is 0. The van der Waals surface area contributed by atoms with Crippen molar-refractivity contribution in [2.75, 3.05) is 26.8 Å². The van der Waals surface area contributed by atoms with Crippen molar-refractivity contribution in [3.05, 3.63) is 24.3 Å². The minimum Gasteiger partial charge on any atom is -0.497 e. The van der Waals surface area contributed by atoms with E-state index in [1.807, 2.05) is 24.3 Å². The zero-order valence-electron chi connectivity index (χ0n) is 13.2. The normalized spacial score (nSPS) is 30.0. The minimum atomic E-state index is 0.482. The van der Waals surface area contributed by atoms with Crippen LogP contribution in [0.3, 0.4) is 0 Å². The smallest absolute Gasteiger partial charge is 0.119 e. The molecule has 2 unspecified atom stereocenters. The number of hydrogen-bond acceptors (Lipinski definition) is 3. The van der Waals surface area contributed by atoms with E-state index < -0.39 is 0 Å². The van der Waals surface area contributed by atoms with E-state index in [-0.39, 0.29) is 0 Å². The number of fused-ring (bicyclic) bond motifs is 1. The molecule has 1 N–H and O–H groups in total. The van der Waals surface area contributed by atoms with Crippen molar-refractivity contribution in [2.24, 2.45) is 17.3 Å². The molecule has 0 amide bonds. The minimum absolute atomic E-state index is 0.482. The molecule has 3 rings (SSSR count). The van der Waals surface area contributed by atoms with Gasteiger partial charge in [-0.2, -0.15) is 0 Å². The second-order valence-electron chi connectivity index (χ2n) is 6.72. The van der Waals surface area contributed by atoms with Crippen LogP contribution in [-0.4, -0.2) is 26.8 Å². The van der Waals surface area contributed by atoms with Crippen molar-refractivity contribution >= 4 is 0 Å². The summed E-state index contributed by atoms with van der Waals surface area (Å²) in [6.07, 6.45) is 5.44. The molecule has 3 heteroatoms. The first-order chi connectivity index (χ1) is 10.2. The van der Waals surface area contributed by atoms with Crippen molar-refractivity contribution in [1.82, 2.24) is 5.32 Å². The molecule has 0 radical (unpaired) electrons. The Morgan fingerprint density at radius 3 is 2.43 bits per heavy atom. The molecule has 2 aliphatic carbocycles. The number of methoxy groups -OCH3 is 1. The van der Waals surface area contributed by atoms with E-state index in [4.69, 9.17) is 9.47 Å². The maximum absolute atomic E-state index is 5.94. The van der Waals surface area contributed by atoms with Crippen molar-refractivity contribution in [3.63, 3.8) is 0 Å². The quantitative estimate of drug-likeness (QED) is 0.794. The Morgan fingerprint density at radius 1 is 1.14 bits per heavy atom. The van der Waals surface area contributed by atoms with Crippen LogP contribution in [0, 0.1) is 17.3 Å². The molecular weight excluding hydrogens is 262 g/mol. The van der Waals surface area contributed by atoms with Crippen LogP contribution in [0.1, 0.15) is 32.6 Å². The lowest BCUT2D eigenvalue weighted by Crippen LogP contribution is -2.34. The molecule has 2 fully saturated rings. The second kappa shape index (κ2) is 6.27. The van der Waals surface area contributed by atoms with E-state index in [2.05, 4.69) is 12.2 Å². The van der Waals surface area contributed by atoms with E-state index in [0.717, 1.165) is 43.0 Å². The Morgan fingerprint density at radius 2 is 1.81 bits per heavy atom. The van der Waals surface area contributed by atoms with Crippen LogP contribution < -0.4 is 14.8 Å². The lowest BCUT2D eigenvalue weighted by molar-refractivity contribution is 0.177. The lowest BCUT2D eigenvalue weighted by Gasteiger charge is -2.31. The van der Waals surface area contributed by atoms with Crippen LogP contribution in [-0.2, 0) is 0 Å². The third kappa shape index (κ3) is 3.52. The Balaban J connectivity index is 1.49. The number of rotatable bonds is 8. The molecule has 0 saturated heterocycles. The molecule has 3 nitrogen and oxygen atoms in total. The van der Waals surface area contributed by atoms with Crippen LogP contribution >= 0.6 is 0 Å². The fraction of sp³-hybridized carbons (Fsp3) is 0.667. The standard InChI is InChI=1S/C18H27NO2/c1-3-19-13-18(11-14-10-15(14)12-18)8-9-21-17-6-4-16(20-2)5-7-17/h4-7,14-15,19H,3,8-13H2,1-2H3. The summed E-state index contributed by atoms with van der Waals surface area (Å²) in [7, 11) is 1.69. The van der Waals surface area contributed by atoms with Gasteiger partial charge in [0.05, 0.1) is 13.7 Å². The summed E-state index contributed by atoms with van der Waals surface area (Å²) in [5.41, 5.74) is 0.482. The Hall–Kier alpha value is -1.22. The SMILES string of the molecule is CCNCC1(CCOc2ccc(OC)cc2)CC2CC2C1. The third-order valence-electron chi connectivity index (χ3n) is 5.17.